The van der Waals surface area contributed by atoms with Gasteiger partial charge in [-0.1, -0.05) is 48.5 Å². The first-order valence-electron chi connectivity index (χ1n) is 14.0. The normalized spacial score (nSPS) is 13.8. The molecule has 0 spiro atoms. The summed E-state index contributed by atoms with van der Waals surface area (Å²) in [7, 11) is 0. The summed E-state index contributed by atoms with van der Waals surface area (Å²) in [6, 6.07) is 11.0. The Bertz CT molecular complexity index is 1410. The predicted molar refractivity (Wildman–Crippen MR) is 159 cm³/mol. The molecular weight excluding hydrogens is 556 g/mol. The molecule has 13 heteroatoms. The van der Waals surface area contributed by atoms with Crippen LogP contribution in [0.1, 0.15) is 36.8 Å². The molecular formula is C30H38N6O7. The number of para-hydroxylation sites is 1. The summed E-state index contributed by atoms with van der Waals surface area (Å²) in [4.78, 5) is 65.9. The molecule has 0 aliphatic heterocycles. The van der Waals surface area contributed by atoms with E-state index in [2.05, 4.69) is 20.9 Å². The molecule has 0 saturated carbocycles. The monoisotopic (exact) mass is 594 g/mol. The molecule has 3 amide bonds. The van der Waals surface area contributed by atoms with Crippen molar-refractivity contribution >= 4 is 40.6 Å². The number of nitrogens with one attached hydrogen (secondary N) is 4. The molecule has 3 rings (SSSR count). The Labute approximate surface area is 248 Å². The summed E-state index contributed by atoms with van der Waals surface area (Å²) in [5.41, 5.74) is 14.1. The number of carbonyl (C=O) groups excluding carboxylic acids is 3. The van der Waals surface area contributed by atoms with Gasteiger partial charge in [0.1, 0.15) is 18.1 Å². The molecule has 230 valence electrons. The van der Waals surface area contributed by atoms with E-state index in [1.54, 1.807) is 36.5 Å². The van der Waals surface area contributed by atoms with E-state index in [1.807, 2.05) is 24.3 Å². The van der Waals surface area contributed by atoms with Crippen LogP contribution in [-0.2, 0) is 36.8 Å². The number of unbranched alkanes of at least 4 members (excludes halogenated alkanes) is 1. The van der Waals surface area contributed by atoms with Crippen LogP contribution in [0.3, 0.4) is 0 Å². The standard InChI is InChI=1S/C30H38N6O7/c31-13-7-6-12-23(34-27(39)21(32)15-19-17-33-22-11-5-4-10-20(19)22)28(40)35-24(16-26(37)38)29(41)36-25(30(42)43)14-18-8-2-1-3-9-18/h1-5,8-11,17,21,23-25,33H,6-7,12-16,31-32H2,(H,34,39)(H,35,40)(H,36,41)(H,37,38)(H,42,43). The van der Waals surface area contributed by atoms with E-state index < -0.39 is 60.2 Å². The lowest BCUT2D eigenvalue weighted by molar-refractivity contribution is -0.143. The van der Waals surface area contributed by atoms with E-state index in [-0.39, 0.29) is 19.3 Å². The number of aliphatic carboxylic acids is 2. The van der Waals surface area contributed by atoms with Crippen molar-refractivity contribution in [2.45, 2.75) is 62.7 Å². The van der Waals surface area contributed by atoms with E-state index in [4.69, 9.17) is 11.5 Å². The summed E-state index contributed by atoms with van der Waals surface area (Å²) in [6.07, 6.45) is 2.26. The van der Waals surface area contributed by atoms with Crippen molar-refractivity contribution in [3.05, 3.63) is 71.9 Å². The highest BCUT2D eigenvalue weighted by Crippen LogP contribution is 2.19. The van der Waals surface area contributed by atoms with Gasteiger partial charge in [0.05, 0.1) is 12.5 Å². The zero-order valence-electron chi connectivity index (χ0n) is 23.6. The molecule has 13 nitrogen and oxygen atoms in total. The molecule has 3 aromatic rings. The van der Waals surface area contributed by atoms with Crippen molar-refractivity contribution in [3.63, 3.8) is 0 Å². The van der Waals surface area contributed by atoms with Gasteiger partial charge in [0.2, 0.25) is 17.7 Å². The molecule has 0 radical (unpaired) electrons. The van der Waals surface area contributed by atoms with Crippen LogP contribution in [0.5, 0.6) is 0 Å². The number of hydrogen-bond acceptors (Lipinski definition) is 7. The molecule has 0 fully saturated rings. The number of carbonyl (C=O) groups is 5. The second kappa shape index (κ2) is 16.0. The largest absolute Gasteiger partial charge is 0.481 e. The Morgan fingerprint density at radius 3 is 2.07 bits per heavy atom. The molecule has 2 aromatic carbocycles. The molecule has 4 atom stereocenters. The number of aromatic amines is 1. The average Bonchev–Trinajstić information content (AvgIpc) is 3.38. The number of aromatic nitrogens is 1. The summed E-state index contributed by atoms with van der Waals surface area (Å²) >= 11 is 0. The van der Waals surface area contributed by atoms with E-state index in [0.29, 0.717) is 24.9 Å². The third kappa shape index (κ3) is 9.94. The van der Waals surface area contributed by atoms with E-state index in [1.165, 1.54) is 0 Å². The van der Waals surface area contributed by atoms with Gasteiger partial charge in [-0.05, 0) is 49.4 Å². The zero-order valence-corrected chi connectivity index (χ0v) is 23.6. The second-order valence-corrected chi connectivity index (χ2v) is 10.3. The van der Waals surface area contributed by atoms with Crippen molar-refractivity contribution in [1.29, 1.82) is 0 Å². The summed E-state index contributed by atoms with van der Waals surface area (Å²) in [5.74, 6) is -5.11. The highest BCUT2D eigenvalue weighted by molar-refractivity contribution is 5.96. The van der Waals surface area contributed by atoms with Gasteiger partial charge in [-0.25, -0.2) is 4.79 Å². The van der Waals surface area contributed by atoms with Crippen LogP contribution in [-0.4, -0.2) is 75.6 Å². The summed E-state index contributed by atoms with van der Waals surface area (Å²) in [6.45, 7) is 0.352. The molecule has 4 unspecified atom stereocenters. The van der Waals surface area contributed by atoms with Crippen molar-refractivity contribution in [1.82, 2.24) is 20.9 Å². The lowest BCUT2D eigenvalue weighted by atomic mass is 10.0. The molecule has 10 N–H and O–H groups in total. The molecule has 0 bridgehead atoms. The third-order valence-corrected chi connectivity index (χ3v) is 6.94. The topological polar surface area (TPSA) is 230 Å². The van der Waals surface area contributed by atoms with Crippen LogP contribution in [0.2, 0.25) is 0 Å². The van der Waals surface area contributed by atoms with E-state index in [0.717, 1.165) is 16.5 Å². The molecule has 0 aliphatic rings. The maximum Gasteiger partial charge on any atom is 0.326 e. The zero-order chi connectivity index (χ0) is 31.4. The molecule has 1 aromatic heterocycles. The fourth-order valence-corrected chi connectivity index (χ4v) is 4.65. The minimum atomic E-state index is -1.60. The number of nitrogens with two attached hydrogens (primary N) is 2. The second-order valence-electron chi connectivity index (χ2n) is 10.3. The number of rotatable bonds is 17. The number of carboxylic acids is 2. The van der Waals surface area contributed by atoms with Gasteiger partial charge < -0.3 is 42.6 Å². The Balaban J connectivity index is 1.70. The SMILES string of the molecule is NCCCCC(NC(=O)C(N)Cc1c[nH]c2ccccc12)C(=O)NC(CC(=O)O)C(=O)NC(Cc1ccccc1)C(=O)O. The van der Waals surface area contributed by atoms with Crippen LogP contribution in [0.25, 0.3) is 10.9 Å². The average molecular weight is 595 g/mol. The fourth-order valence-electron chi connectivity index (χ4n) is 4.65. The van der Waals surface area contributed by atoms with E-state index >= 15 is 0 Å². The van der Waals surface area contributed by atoms with Crippen LogP contribution in [0.4, 0.5) is 0 Å². The first-order valence-corrected chi connectivity index (χ1v) is 14.0. The highest BCUT2D eigenvalue weighted by Gasteiger charge is 2.31. The minimum absolute atomic E-state index is 0.0538. The van der Waals surface area contributed by atoms with Gasteiger partial charge in [0.25, 0.3) is 0 Å². The maximum absolute atomic E-state index is 13.3. The third-order valence-electron chi connectivity index (χ3n) is 6.94. The van der Waals surface area contributed by atoms with Gasteiger partial charge in [0.15, 0.2) is 0 Å². The first-order chi connectivity index (χ1) is 20.6. The Morgan fingerprint density at radius 1 is 0.767 bits per heavy atom. The molecule has 1 heterocycles. The summed E-state index contributed by atoms with van der Waals surface area (Å²) < 4.78 is 0. The fraction of sp³-hybridized carbons (Fsp3) is 0.367. The first kappa shape index (κ1) is 32.8. The van der Waals surface area contributed by atoms with Crippen LogP contribution < -0.4 is 27.4 Å². The molecule has 43 heavy (non-hydrogen) atoms. The molecule has 0 aliphatic carbocycles. The lowest BCUT2D eigenvalue weighted by Crippen LogP contribution is -2.57. The van der Waals surface area contributed by atoms with Crippen LogP contribution >= 0.6 is 0 Å². The van der Waals surface area contributed by atoms with Gasteiger partial charge >= 0.3 is 11.9 Å². The maximum atomic E-state index is 13.3. The van der Waals surface area contributed by atoms with Crippen molar-refractivity contribution < 1.29 is 34.2 Å². The van der Waals surface area contributed by atoms with Crippen LogP contribution in [0, 0.1) is 0 Å². The number of amides is 3. The number of benzene rings is 2. The smallest absolute Gasteiger partial charge is 0.326 e. The lowest BCUT2D eigenvalue weighted by Gasteiger charge is -2.24. The van der Waals surface area contributed by atoms with Gasteiger partial charge in [-0.15, -0.1) is 0 Å². The number of H-pyrrole nitrogens is 1. The number of fused-ring (bicyclic) bond motifs is 1. The highest BCUT2D eigenvalue weighted by atomic mass is 16.4. The van der Waals surface area contributed by atoms with Gasteiger partial charge in [-0.2, -0.15) is 0 Å². The Hall–Kier alpha value is -4.75. The van der Waals surface area contributed by atoms with Crippen LogP contribution in [0.15, 0.2) is 60.8 Å². The Morgan fingerprint density at radius 2 is 1.40 bits per heavy atom. The number of hydrogen-bond donors (Lipinski definition) is 8. The summed E-state index contributed by atoms with van der Waals surface area (Å²) in [5, 5.41) is 27.3. The Kier molecular flexibility index (Phi) is 12.2. The quantitative estimate of drug-likeness (QED) is 0.101. The van der Waals surface area contributed by atoms with Crippen molar-refractivity contribution in [2.24, 2.45) is 11.5 Å². The minimum Gasteiger partial charge on any atom is -0.481 e. The molecule has 0 saturated heterocycles. The van der Waals surface area contributed by atoms with E-state index in [9.17, 15) is 34.2 Å². The number of carboxylic acid groups (broad SMARTS) is 2. The van der Waals surface area contributed by atoms with Crippen molar-refractivity contribution in [3.8, 4) is 0 Å². The van der Waals surface area contributed by atoms with Gasteiger partial charge in [-0.3, -0.25) is 19.2 Å². The van der Waals surface area contributed by atoms with Gasteiger partial charge in [0, 0.05) is 23.5 Å². The predicted octanol–water partition coefficient (Wildman–Crippen LogP) is 0.423. The van der Waals surface area contributed by atoms with Crippen molar-refractivity contribution in [2.75, 3.05) is 6.54 Å².